The van der Waals surface area contributed by atoms with Crippen molar-refractivity contribution < 1.29 is 0 Å². The molecular weight excluding hydrogens is 208 g/mol. The van der Waals surface area contributed by atoms with E-state index in [1.807, 2.05) is 0 Å². The second-order valence-corrected chi connectivity index (χ2v) is 5.42. The van der Waals surface area contributed by atoms with Gasteiger partial charge >= 0.3 is 0 Å². The number of nitrogens with zero attached hydrogens (tertiary/aromatic N) is 2. The lowest BCUT2D eigenvalue weighted by atomic mass is 9.85. The summed E-state index contributed by atoms with van der Waals surface area (Å²) in [6, 6.07) is 10.8. The highest BCUT2D eigenvalue weighted by Crippen LogP contribution is 2.27. The third-order valence-electron chi connectivity index (χ3n) is 4.23. The molecule has 0 unspecified atom stereocenters. The van der Waals surface area contributed by atoms with Crippen LogP contribution in [0.5, 0.6) is 0 Å². The van der Waals surface area contributed by atoms with Crippen molar-refractivity contribution in [3.8, 4) is 0 Å². The maximum atomic E-state index is 2.66. The van der Waals surface area contributed by atoms with Gasteiger partial charge in [0.2, 0.25) is 0 Å². The Labute approximate surface area is 104 Å². The Morgan fingerprint density at radius 2 is 1.65 bits per heavy atom. The van der Waals surface area contributed by atoms with E-state index in [0.717, 1.165) is 5.92 Å². The highest BCUT2D eigenvalue weighted by Gasteiger charge is 2.23. The van der Waals surface area contributed by atoms with E-state index in [4.69, 9.17) is 0 Å². The minimum atomic E-state index is 1.01. The van der Waals surface area contributed by atoms with E-state index < -0.39 is 0 Å². The summed E-state index contributed by atoms with van der Waals surface area (Å²) < 4.78 is 0. The van der Waals surface area contributed by atoms with Crippen molar-refractivity contribution in [2.24, 2.45) is 5.92 Å². The largest absolute Gasteiger partial charge is 0.369 e. The molecule has 1 heterocycles. The van der Waals surface area contributed by atoms with E-state index in [-0.39, 0.29) is 0 Å². The number of anilines is 1. The van der Waals surface area contributed by atoms with Crippen LogP contribution in [0.4, 0.5) is 5.69 Å². The molecular formula is C15H22N2. The molecule has 3 rings (SSSR count). The highest BCUT2D eigenvalue weighted by molar-refractivity contribution is 5.46. The Morgan fingerprint density at radius 1 is 0.941 bits per heavy atom. The van der Waals surface area contributed by atoms with Gasteiger partial charge in [0.1, 0.15) is 0 Å². The average Bonchev–Trinajstić information content (AvgIpc) is 2.36. The summed E-state index contributed by atoms with van der Waals surface area (Å²) in [4.78, 5) is 5.17. The number of hydrogen-bond acceptors (Lipinski definition) is 2. The van der Waals surface area contributed by atoms with E-state index in [9.17, 15) is 0 Å². The second-order valence-electron chi connectivity index (χ2n) is 5.42. The minimum Gasteiger partial charge on any atom is -0.369 e. The Bertz CT molecular complexity index is 337. The molecule has 1 aliphatic heterocycles. The van der Waals surface area contributed by atoms with Crippen LogP contribution in [0.3, 0.4) is 0 Å². The molecule has 2 heteroatoms. The molecule has 0 spiro atoms. The summed E-state index contributed by atoms with van der Waals surface area (Å²) in [7, 11) is 0. The molecule has 0 amide bonds. The molecule has 0 aromatic heterocycles. The van der Waals surface area contributed by atoms with Gasteiger partial charge in [-0.05, 0) is 30.9 Å². The van der Waals surface area contributed by atoms with Crippen LogP contribution < -0.4 is 4.90 Å². The lowest BCUT2D eigenvalue weighted by Crippen LogP contribution is -2.48. The van der Waals surface area contributed by atoms with E-state index >= 15 is 0 Å². The molecule has 0 atom stereocenters. The average molecular weight is 230 g/mol. The van der Waals surface area contributed by atoms with Crippen LogP contribution >= 0.6 is 0 Å². The van der Waals surface area contributed by atoms with Crippen molar-refractivity contribution in [1.82, 2.24) is 4.90 Å². The van der Waals surface area contributed by atoms with Crippen LogP contribution in [0.2, 0.25) is 0 Å². The molecule has 2 fully saturated rings. The quantitative estimate of drug-likeness (QED) is 0.787. The molecule has 1 aromatic rings. The molecule has 2 aliphatic rings. The number of para-hydroxylation sites is 1. The van der Waals surface area contributed by atoms with Crippen LogP contribution in [0, 0.1) is 5.92 Å². The van der Waals surface area contributed by atoms with Crippen LogP contribution in [0.1, 0.15) is 19.3 Å². The van der Waals surface area contributed by atoms with E-state index in [2.05, 4.69) is 40.1 Å². The zero-order valence-corrected chi connectivity index (χ0v) is 10.5. The molecule has 2 nitrogen and oxygen atoms in total. The first-order valence-electron chi connectivity index (χ1n) is 6.94. The van der Waals surface area contributed by atoms with Gasteiger partial charge in [-0.2, -0.15) is 0 Å². The summed E-state index contributed by atoms with van der Waals surface area (Å²) >= 11 is 0. The van der Waals surface area contributed by atoms with E-state index in [0.29, 0.717) is 0 Å². The summed E-state index contributed by atoms with van der Waals surface area (Å²) in [6.45, 7) is 6.22. The molecule has 1 saturated heterocycles. The fraction of sp³-hybridized carbons (Fsp3) is 0.600. The summed E-state index contributed by atoms with van der Waals surface area (Å²) in [5.74, 6) is 1.01. The molecule has 0 bridgehead atoms. The van der Waals surface area contributed by atoms with Gasteiger partial charge in [-0.3, -0.25) is 4.90 Å². The van der Waals surface area contributed by atoms with E-state index in [1.54, 1.807) is 0 Å². The normalized spacial score (nSPS) is 22.5. The zero-order chi connectivity index (χ0) is 11.5. The lowest BCUT2D eigenvalue weighted by Gasteiger charge is -2.39. The fourth-order valence-corrected chi connectivity index (χ4v) is 2.87. The maximum absolute atomic E-state index is 2.66. The molecule has 17 heavy (non-hydrogen) atoms. The molecule has 92 valence electrons. The smallest absolute Gasteiger partial charge is 0.0367 e. The van der Waals surface area contributed by atoms with Gasteiger partial charge in [0.15, 0.2) is 0 Å². The summed E-state index contributed by atoms with van der Waals surface area (Å²) in [5, 5.41) is 0. The molecule has 1 aromatic carbocycles. The molecule has 1 aliphatic carbocycles. The summed E-state index contributed by atoms with van der Waals surface area (Å²) in [6.07, 6.45) is 4.41. The van der Waals surface area contributed by atoms with Gasteiger partial charge in [-0.15, -0.1) is 0 Å². The number of benzene rings is 1. The minimum absolute atomic E-state index is 1.01. The predicted octanol–water partition coefficient (Wildman–Crippen LogP) is 2.61. The zero-order valence-electron chi connectivity index (χ0n) is 10.5. The maximum Gasteiger partial charge on any atom is 0.0367 e. The SMILES string of the molecule is c1ccc(N2CCN(CC3CCC3)CC2)cc1. The van der Waals surface area contributed by atoms with Crippen LogP contribution in [0.25, 0.3) is 0 Å². The Morgan fingerprint density at radius 3 is 2.24 bits per heavy atom. The summed E-state index contributed by atoms with van der Waals surface area (Å²) in [5.41, 5.74) is 1.38. The van der Waals surface area contributed by atoms with Crippen LogP contribution in [-0.2, 0) is 0 Å². The topological polar surface area (TPSA) is 6.48 Å². The Hall–Kier alpha value is -1.02. The van der Waals surface area contributed by atoms with Crippen molar-refractivity contribution >= 4 is 5.69 Å². The number of rotatable bonds is 3. The van der Waals surface area contributed by atoms with Crippen molar-refractivity contribution in [3.05, 3.63) is 30.3 Å². The third kappa shape index (κ3) is 2.63. The third-order valence-corrected chi connectivity index (χ3v) is 4.23. The Kier molecular flexibility index (Phi) is 3.32. The molecule has 1 saturated carbocycles. The van der Waals surface area contributed by atoms with Gasteiger partial charge < -0.3 is 4.90 Å². The van der Waals surface area contributed by atoms with Gasteiger partial charge in [-0.25, -0.2) is 0 Å². The first kappa shape index (κ1) is 11.1. The highest BCUT2D eigenvalue weighted by atomic mass is 15.3. The fourth-order valence-electron chi connectivity index (χ4n) is 2.87. The number of piperazine rings is 1. The van der Waals surface area contributed by atoms with E-state index in [1.165, 1.54) is 57.7 Å². The number of hydrogen-bond donors (Lipinski definition) is 0. The van der Waals surface area contributed by atoms with Crippen molar-refractivity contribution in [1.29, 1.82) is 0 Å². The van der Waals surface area contributed by atoms with Crippen molar-refractivity contribution in [3.63, 3.8) is 0 Å². The van der Waals surface area contributed by atoms with Crippen LogP contribution in [-0.4, -0.2) is 37.6 Å². The van der Waals surface area contributed by atoms with Crippen LogP contribution in [0.15, 0.2) is 30.3 Å². The lowest BCUT2D eigenvalue weighted by molar-refractivity contribution is 0.170. The van der Waals surface area contributed by atoms with Crippen molar-refractivity contribution in [2.45, 2.75) is 19.3 Å². The molecule has 0 radical (unpaired) electrons. The first-order chi connectivity index (χ1) is 8.42. The predicted molar refractivity (Wildman–Crippen MR) is 72.4 cm³/mol. The van der Waals surface area contributed by atoms with Gasteiger partial charge in [0.25, 0.3) is 0 Å². The second kappa shape index (κ2) is 5.09. The van der Waals surface area contributed by atoms with Gasteiger partial charge in [0.05, 0.1) is 0 Å². The standard InChI is InChI=1S/C15H22N2/c1-2-7-15(8-3-1)17-11-9-16(10-12-17)13-14-5-4-6-14/h1-3,7-8,14H,4-6,9-13H2. The van der Waals surface area contributed by atoms with Gasteiger partial charge in [-0.1, -0.05) is 24.6 Å². The van der Waals surface area contributed by atoms with Crippen molar-refractivity contribution in [2.75, 3.05) is 37.6 Å². The first-order valence-corrected chi connectivity index (χ1v) is 6.94. The Balaban J connectivity index is 1.50. The molecule has 0 N–H and O–H groups in total. The monoisotopic (exact) mass is 230 g/mol. The van der Waals surface area contributed by atoms with Gasteiger partial charge in [0, 0.05) is 38.4 Å².